The number of hydrogen-bond acceptors (Lipinski definition) is 3. The lowest BCUT2D eigenvalue weighted by Gasteiger charge is -2.17. The molecule has 4 nitrogen and oxygen atoms in total. The van der Waals surface area contributed by atoms with Crippen molar-refractivity contribution in [2.24, 2.45) is 0 Å². The molecule has 20 heavy (non-hydrogen) atoms. The molecule has 0 unspecified atom stereocenters. The molecule has 1 heterocycles. The Bertz CT molecular complexity index is 596. The summed E-state index contributed by atoms with van der Waals surface area (Å²) in [7, 11) is 1.81. The fourth-order valence-electron chi connectivity index (χ4n) is 1.98. The zero-order chi connectivity index (χ0) is 14.5. The van der Waals surface area contributed by atoms with Crippen molar-refractivity contribution in [3.05, 3.63) is 59.4 Å². The van der Waals surface area contributed by atoms with E-state index in [-0.39, 0.29) is 5.91 Å². The summed E-state index contributed by atoms with van der Waals surface area (Å²) >= 11 is 0. The van der Waals surface area contributed by atoms with Crippen LogP contribution in [0.1, 0.15) is 21.5 Å². The maximum absolute atomic E-state index is 12.3. The van der Waals surface area contributed by atoms with Crippen LogP contribution in [0, 0.1) is 6.92 Å². The van der Waals surface area contributed by atoms with E-state index in [4.69, 9.17) is 5.73 Å². The van der Waals surface area contributed by atoms with E-state index < -0.39 is 0 Å². The highest BCUT2D eigenvalue weighted by molar-refractivity contribution is 5.94. The topological polar surface area (TPSA) is 59.2 Å². The van der Waals surface area contributed by atoms with E-state index in [9.17, 15) is 4.79 Å². The Labute approximate surface area is 119 Å². The Balaban J connectivity index is 1.99. The molecular formula is C16H19N3O. The van der Waals surface area contributed by atoms with Gasteiger partial charge < -0.3 is 10.6 Å². The standard InChI is InChI=1S/C16H19N3O/c1-12-11-14(3-4-15(12)17)16(20)19(2)10-7-13-5-8-18-9-6-13/h3-6,8-9,11H,7,10,17H2,1-2H3. The predicted octanol–water partition coefficient (Wildman–Crippen LogP) is 2.29. The Morgan fingerprint density at radius 3 is 2.60 bits per heavy atom. The number of aromatic nitrogens is 1. The van der Waals surface area contributed by atoms with Gasteiger partial charge in [-0.25, -0.2) is 0 Å². The SMILES string of the molecule is Cc1cc(C(=O)N(C)CCc2ccncc2)ccc1N. The number of nitrogens with two attached hydrogens (primary N) is 1. The average molecular weight is 269 g/mol. The molecule has 0 aliphatic rings. The molecule has 1 aromatic carbocycles. The van der Waals surface area contributed by atoms with Gasteiger partial charge in [-0.1, -0.05) is 0 Å². The van der Waals surface area contributed by atoms with Gasteiger partial charge in [0.15, 0.2) is 0 Å². The van der Waals surface area contributed by atoms with Crippen LogP contribution in [-0.4, -0.2) is 29.4 Å². The second-order valence-corrected chi connectivity index (χ2v) is 4.90. The third-order valence-corrected chi connectivity index (χ3v) is 3.35. The highest BCUT2D eigenvalue weighted by atomic mass is 16.2. The molecule has 0 spiro atoms. The lowest BCUT2D eigenvalue weighted by molar-refractivity contribution is 0.0796. The minimum absolute atomic E-state index is 0.0159. The number of anilines is 1. The van der Waals surface area contributed by atoms with Gasteiger partial charge in [0.25, 0.3) is 5.91 Å². The summed E-state index contributed by atoms with van der Waals surface area (Å²) in [5, 5.41) is 0. The van der Waals surface area contributed by atoms with Gasteiger partial charge in [-0.05, 0) is 54.8 Å². The molecule has 1 aromatic heterocycles. The molecule has 0 aliphatic heterocycles. The summed E-state index contributed by atoms with van der Waals surface area (Å²) in [4.78, 5) is 18.0. The molecule has 2 aromatic rings. The second-order valence-electron chi connectivity index (χ2n) is 4.90. The number of carbonyl (C=O) groups excluding carboxylic acids is 1. The maximum atomic E-state index is 12.3. The van der Waals surface area contributed by atoms with Crippen molar-refractivity contribution in [1.29, 1.82) is 0 Å². The number of hydrogen-bond donors (Lipinski definition) is 1. The third-order valence-electron chi connectivity index (χ3n) is 3.35. The number of pyridine rings is 1. The van der Waals surface area contributed by atoms with Gasteiger partial charge in [-0.2, -0.15) is 0 Å². The smallest absolute Gasteiger partial charge is 0.253 e. The summed E-state index contributed by atoms with van der Waals surface area (Å²) in [6.45, 7) is 2.58. The van der Waals surface area contributed by atoms with Gasteiger partial charge in [0.1, 0.15) is 0 Å². The van der Waals surface area contributed by atoms with Crippen LogP contribution in [0.4, 0.5) is 5.69 Å². The minimum Gasteiger partial charge on any atom is -0.399 e. The third kappa shape index (κ3) is 3.35. The van der Waals surface area contributed by atoms with Gasteiger partial charge in [0, 0.05) is 37.2 Å². The Morgan fingerprint density at radius 2 is 1.95 bits per heavy atom. The number of aryl methyl sites for hydroxylation is 1. The van der Waals surface area contributed by atoms with Crippen molar-refractivity contribution >= 4 is 11.6 Å². The van der Waals surface area contributed by atoms with Crippen LogP contribution in [0.3, 0.4) is 0 Å². The molecule has 0 saturated carbocycles. The van der Waals surface area contributed by atoms with E-state index in [1.807, 2.05) is 32.2 Å². The second kappa shape index (κ2) is 6.19. The molecule has 4 heteroatoms. The zero-order valence-corrected chi connectivity index (χ0v) is 11.8. The molecule has 0 fully saturated rings. The molecule has 0 radical (unpaired) electrons. The fourth-order valence-corrected chi connectivity index (χ4v) is 1.98. The van der Waals surface area contributed by atoms with E-state index >= 15 is 0 Å². The first-order valence-corrected chi connectivity index (χ1v) is 6.58. The molecule has 104 valence electrons. The molecule has 0 bridgehead atoms. The van der Waals surface area contributed by atoms with Gasteiger partial charge >= 0.3 is 0 Å². The molecule has 0 atom stereocenters. The number of amides is 1. The number of nitrogens with zero attached hydrogens (tertiary/aromatic N) is 2. The molecule has 1 amide bonds. The summed E-state index contributed by atoms with van der Waals surface area (Å²) in [5.41, 5.74) is 9.26. The molecule has 2 rings (SSSR count). The summed E-state index contributed by atoms with van der Waals surface area (Å²) in [6, 6.07) is 9.31. The van der Waals surface area contributed by atoms with E-state index in [1.54, 1.807) is 29.4 Å². The van der Waals surface area contributed by atoms with Crippen LogP contribution in [0.15, 0.2) is 42.7 Å². The van der Waals surface area contributed by atoms with Crippen molar-refractivity contribution < 1.29 is 4.79 Å². The van der Waals surface area contributed by atoms with E-state index in [0.29, 0.717) is 17.8 Å². The van der Waals surface area contributed by atoms with Gasteiger partial charge in [-0.3, -0.25) is 9.78 Å². The van der Waals surface area contributed by atoms with Gasteiger partial charge in [0.2, 0.25) is 0 Å². The van der Waals surface area contributed by atoms with Crippen LogP contribution in [0.5, 0.6) is 0 Å². The highest BCUT2D eigenvalue weighted by Gasteiger charge is 2.12. The van der Waals surface area contributed by atoms with Crippen molar-refractivity contribution in [1.82, 2.24) is 9.88 Å². The summed E-state index contributed by atoms with van der Waals surface area (Å²) in [5.74, 6) is 0.0159. The van der Waals surface area contributed by atoms with Gasteiger partial charge in [-0.15, -0.1) is 0 Å². The number of carbonyl (C=O) groups is 1. The molecular weight excluding hydrogens is 250 g/mol. The molecule has 0 saturated heterocycles. The van der Waals surface area contributed by atoms with E-state index in [0.717, 1.165) is 12.0 Å². The first-order valence-electron chi connectivity index (χ1n) is 6.58. The maximum Gasteiger partial charge on any atom is 0.253 e. The largest absolute Gasteiger partial charge is 0.399 e. The van der Waals surface area contributed by atoms with E-state index in [1.165, 1.54) is 5.56 Å². The Morgan fingerprint density at radius 1 is 1.25 bits per heavy atom. The van der Waals surface area contributed by atoms with Crippen LogP contribution in [0.2, 0.25) is 0 Å². The summed E-state index contributed by atoms with van der Waals surface area (Å²) in [6.07, 6.45) is 4.35. The number of nitrogen functional groups attached to an aromatic ring is 1. The van der Waals surface area contributed by atoms with Crippen LogP contribution >= 0.6 is 0 Å². The fraction of sp³-hybridized carbons (Fsp3) is 0.250. The highest BCUT2D eigenvalue weighted by Crippen LogP contribution is 2.14. The normalized spacial score (nSPS) is 10.3. The monoisotopic (exact) mass is 269 g/mol. The van der Waals surface area contributed by atoms with Crippen molar-refractivity contribution in [2.45, 2.75) is 13.3 Å². The molecule has 0 aliphatic carbocycles. The molecule has 2 N–H and O–H groups in total. The van der Waals surface area contributed by atoms with Crippen molar-refractivity contribution in [2.75, 3.05) is 19.3 Å². The Kier molecular flexibility index (Phi) is 4.35. The van der Waals surface area contributed by atoms with E-state index in [2.05, 4.69) is 4.98 Å². The van der Waals surface area contributed by atoms with Crippen LogP contribution in [0.25, 0.3) is 0 Å². The summed E-state index contributed by atoms with van der Waals surface area (Å²) < 4.78 is 0. The number of benzene rings is 1. The predicted molar refractivity (Wildman–Crippen MR) is 80.5 cm³/mol. The van der Waals surface area contributed by atoms with Crippen LogP contribution in [-0.2, 0) is 6.42 Å². The lowest BCUT2D eigenvalue weighted by atomic mass is 10.1. The average Bonchev–Trinajstić information content (AvgIpc) is 2.48. The lowest BCUT2D eigenvalue weighted by Crippen LogP contribution is -2.28. The number of rotatable bonds is 4. The first kappa shape index (κ1) is 14.1. The Hall–Kier alpha value is -2.36. The number of likely N-dealkylation sites (N-methyl/N-ethyl adjacent to an activating group) is 1. The van der Waals surface area contributed by atoms with Gasteiger partial charge in [0.05, 0.1) is 0 Å². The minimum atomic E-state index is 0.0159. The van der Waals surface area contributed by atoms with Crippen LogP contribution < -0.4 is 5.73 Å². The quantitative estimate of drug-likeness (QED) is 0.866. The van der Waals surface area contributed by atoms with Crippen molar-refractivity contribution in [3.8, 4) is 0 Å². The first-order chi connectivity index (χ1) is 9.58. The van der Waals surface area contributed by atoms with Crippen molar-refractivity contribution in [3.63, 3.8) is 0 Å². The zero-order valence-electron chi connectivity index (χ0n) is 11.8.